The lowest BCUT2D eigenvalue weighted by Gasteiger charge is -2.17. The summed E-state index contributed by atoms with van der Waals surface area (Å²) in [7, 11) is 1.78. The molecule has 2 amide bonds. The van der Waals surface area contributed by atoms with E-state index >= 15 is 0 Å². The first-order valence-electron chi connectivity index (χ1n) is 8.72. The van der Waals surface area contributed by atoms with Crippen LogP contribution < -0.4 is 5.32 Å². The van der Waals surface area contributed by atoms with E-state index in [1.54, 1.807) is 18.1 Å². The summed E-state index contributed by atoms with van der Waals surface area (Å²) in [6.07, 6.45) is 4.55. The van der Waals surface area contributed by atoms with Crippen LogP contribution in [0.5, 0.6) is 0 Å². The van der Waals surface area contributed by atoms with Crippen LogP contribution in [0.3, 0.4) is 0 Å². The van der Waals surface area contributed by atoms with Gasteiger partial charge in [0, 0.05) is 38.6 Å². The Labute approximate surface area is 149 Å². The highest BCUT2D eigenvalue weighted by Crippen LogP contribution is 2.09. The average Bonchev–Trinajstić information content (AvgIpc) is 3.06. The van der Waals surface area contributed by atoms with Gasteiger partial charge in [0.15, 0.2) is 0 Å². The number of amides is 2. The Balaban J connectivity index is 1.71. The average molecular weight is 344 g/mol. The Bertz CT molecular complexity index is 640. The highest BCUT2D eigenvalue weighted by atomic mass is 16.5. The maximum atomic E-state index is 12.1. The summed E-state index contributed by atoms with van der Waals surface area (Å²) in [5.41, 5.74) is 1.99. The standard InChI is InChI=1S/C19H28N4O2/c1-16(2)15-25-11-7-10-20-19(24)22(3)13-17-12-21-23(14-17)18-8-5-4-6-9-18/h4-6,8-9,12,14,16H,7,10-11,13,15H2,1-3H3,(H,20,24). The molecule has 0 saturated heterocycles. The van der Waals surface area contributed by atoms with Crippen molar-refractivity contribution in [3.63, 3.8) is 0 Å². The van der Waals surface area contributed by atoms with Crippen molar-refractivity contribution in [2.75, 3.05) is 26.8 Å². The number of carbonyl (C=O) groups is 1. The molecule has 1 aromatic heterocycles. The van der Waals surface area contributed by atoms with Crippen LogP contribution in [0.2, 0.25) is 0 Å². The lowest BCUT2D eigenvalue weighted by Crippen LogP contribution is -2.37. The minimum atomic E-state index is -0.0867. The zero-order valence-corrected chi connectivity index (χ0v) is 15.3. The molecular weight excluding hydrogens is 316 g/mol. The monoisotopic (exact) mass is 344 g/mol. The minimum Gasteiger partial charge on any atom is -0.381 e. The Morgan fingerprint density at radius 1 is 1.32 bits per heavy atom. The van der Waals surface area contributed by atoms with Gasteiger partial charge in [0.2, 0.25) is 0 Å². The van der Waals surface area contributed by atoms with Gasteiger partial charge < -0.3 is 15.0 Å². The van der Waals surface area contributed by atoms with E-state index in [0.29, 0.717) is 25.6 Å². The number of aromatic nitrogens is 2. The van der Waals surface area contributed by atoms with Crippen molar-refractivity contribution in [3.05, 3.63) is 48.3 Å². The van der Waals surface area contributed by atoms with Gasteiger partial charge in [0.1, 0.15) is 0 Å². The van der Waals surface area contributed by atoms with E-state index in [1.807, 2.05) is 41.2 Å². The molecular formula is C19H28N4O2. The molecule has 0 atom stereocenters. The first kappa shape index (κ1) is 19.0. The molecule has 0 saturated carbocycles. The molecule has 1 heterocycles. The van der Waals surface area contributed by atoms with Gasteiger partial charge in [-0.15, -0.1) is 0 Å². The predicted octanol–water partition coefficient (Wildman–Crippen LogP) is 3.08. The summed E-state index contributed by atoms with van der Waals surface area (Å²) in [5, 5.41) is 7.26. The Morgan fingerprint density at radius 3 is 2.80 bits per heavy atom. The number of benzene rings is 1. The van der Waals surface area contributed by atoms with E-state index in [-0.39, 0.29) is 6.03 Å². The van der Waals surface area contributed by atoms with Crippen LogP contribution in [0.4, 0.5) is 4.79 Å². The summed E-state index contributed by atoms with van der Waals surface area (Å²) >= 11 is 0. The lowest BCUT2D eigenvalue weighted by atomic mass is 10.2. The van der Waals surface area contributed by atoms with Gasteiger partial charge in [-0.1, -0.05) is 32.0 Å². The quantitative estimate of drug-likeness (QED) is 0.711. The topological polar surface area (TPSA) is 59.4 Å². The molecule has 6 heteroatoms. The van der Waals surface area contributed by atoms with Crippen LogP contribution in [0, 0.1) is 5.92 Å². The minimum absolute atomic E-state index is 0.0867. The smallest absolute Gasteiger partial charge is 0.317 e. The van der Waals surface area contributed by atoms with Gasteiger partial charge in [0.25, 0.3) is 0 Å². The van der Waals surface area contributed by atoms with Crippen LogP contribution in [0.15, 0.2) is 42.7 Å². The molecule has 25 heavy (non-hydrogen) atoms. The molecule has 0 unspecified atom stereocenters. The molecule has 136 valence electrons. The maximum absolute atomic E-state index is 12.1. The van der Waals surface area contributed by atoms with Crippen LogP contribution in [0.1, 0.15) is 25.8 Å². The van der Waals surface area contributed by atoms with E-state index in [2.05, 4.69) is 24.3 Å². The van der Waals surface area contributed by atoms with E-state index in [0.717, 1.165) is 24.3 Å². The predicted molar refractivity (Wildman–Crippen MR) is 98.7 cm³/mol. The molecule has 0 aliphatic rings. The zero-order chi connectivity index (χ0) is 18.1. The number of para-hydroxylation sites is 1. The molecule has 0 radical (unpaired) electrons. The molecule has 2 rings (SSSR count). The number of hydrogen-bond donors (Lipinski definition) is 1. The molecule has 0 fully saturated rings. The third-order valence-electron chi connectivity index (χ3n) is 3.62. The number of hydrogen-bond acceptors (Lipinski definition) is 3. The van der Waals surface area contributed by atoms with E-state index < -0.39 is 0 Å². The van der Waals surface area contributed by atoms with Crippen LogP contribution in [-0.4, -0.2) is 47.5 Å². The van der Waals surface area contributed by atoms with Crippen molar-refractivity contribution in [2.45, 2.75) is 26.8 Å². The molecule has 0 aliphatic carbocycles. The fourth-order valence-electron chi connectivity index (χ4n) is 2.33. The number of ether oxygens (including phenoxy) is 1. The van der Waals surface area contributed by atoms with Gasteiger partial charge >= 0.3 is 6.03 Å². The van der Waals surface area contributed by atoms with E-state index in [9.17, 15) is 4.79 Å². The molecule has 2 aromatic rings. The summed E-state index contributed by atoms with van der Waals surface area (Å²) in [6, 6.07) is 9.82. The highest BCUT2D eigenvalue weighted by molar-refractivity contribution is 5.73. The third kappa shape index (κ3) is 6.58. The van der Waals surface area contributed by atoms with Gasteiger partial charge in [-0.2, -0.15) is 5.10 Å². The molecule has 0 bridgehead atoms. The third-order valence-corrected chi connectivity index (χ3v) is 3.62. The summed E-state index contributed by atoms with van der Waals surface area (Å²) in [5.74, 6) is 0.539. The summed E-state index contributed by atoms with van der Waals surface area (Å²) in [4.78, 5) is 13.8. The van der Waals surface area contributed by atoms with Gasteiger partial charge in [-0.3, -0.25) is 0 Å². The van der Waals surface area contributed by atoms with Gasteiger partial charge in [0.05, 0.1) is 18.4 Å². The van der Waals surface area contributed by atoms with Crippen LogP contribution in [0.25, 0.3) is 5.69 Å². The number of rotatable bonds is 9. The lowest BCUT2D eigenvalue weighted by molar-refractivity contribution is 0.108. The van der Waals surface area contributed by atoms with E-state index in [4.69, 9.17) is 4.74 Å². The molecule has 6 nitrogen and oxygen atoms in total. The molecule has 1 aromatic carbocycles. The second-order valence-corrected chi connectivity index (χ2v) is 6.54. The van der Waals surface area contributed by atoms with Crippen molar-refractivity contribution >= 4 is 6.03 Å². The van der Waals surface area contributed by atoms with Crippen molar-refractivity contribution in [1.29, 1.82) is 0 Å². The molecule has 1 N–H and O–H groups in total. The number of carbonyl (C=O) groups excluding carboxylic acids is 1. The Kier molecular flexibility index (Phi) is 7.47. The normalized spacial score (nSPS) is 10.9. The zero-order valence-electron chi connectivity index (χ0n) is 15.3. The van der Waals surface area contributed by atoms with Crippen molar-refractivity contribution in [2.24, 2.45) is 5.92 Å². The Hall–Kier alpha value is -2.34. The number of urea groups is 1. The first-order valence-corrected chi connectivity index (χ1v) is 8.72. The summed E-state index contributed by atoms with van der Waals surface area (Å²) in [6.45, 7) is 6.81. The Morgan fingerprint density at radius 2 is 2.08 bits per heavy atom. The second kappa shape index (κ2) is 9.84. The number of nitrogens with one attached hydrogen (secondary N) is 1. The van der Waals surface area contributed by atoms with Gasteiger partial charge in [-0.05, 0) is 24.5 Å². The van der Waals surface area contributed by atoms with Crippen molar-refractivity contribution < 1.29 is 9.53 Å². The molecule has 0 spiro atoms. The van der Waals surface area contributed by atoms with E-state index in [1.165, 1.54) is 0 Å². The van der Waals surface area contributed by atoms with Crippen molar-refractivity contribution in [1.82, 2.24) is 20.0 Å². The van der Waals surface area contributed by atoms with Crippen LogP contribution >= 0.6 is 0 Å². The SMILES string of the molecule is CC(C)COCCCNC(=O)N(C)Cc1cnn(-c2ccccc2)c1. The maximum Gasteiger partial charge on any atom is 0.317 e. The van der Waals surface area contributed by atoms with Crippen molar-refractivity contribution in [3.8, 4) is 5.69 Å². The fourth-order valence-corrected chi connectivity index (χ4v) is 2.33. The molecule has 0 aliphatic heterocycles. The number of nitrogens with zero attached hydrogens (tertiary/aromatic N) is 3. The summed E-state index contributed by atoms with van der Waals surface area (Å²) < 4.78 is 7.31. The highest BCUT2D eigenvalue weighted by Gasteiger charge is 2.10. The van der Waals surface area contributed by atoms with Gasteiger partial charge in [-0.25, -0.2) is 9.48 Å². The second-order valence-electron chi connectivity index (χ2n) is 6.54. The first-order chi connectivity index (χ1) is 12.1. The van der Waals surface area contributed by atoms with Crippen LogP contribution in [-0.2, 0) is 11.3 Å². The largest absolute Gasteiger partial charge is 0.381 e. The fraction of sp³-hybridized carbons (Fsp3) is 0.474.